The van der Waals surface area contributed by atoms with E-state index in [0.29, 0.717) is 11.2 Å². The van der Waals surface area contributed by atoms with Crippen molar-refractivity contribution in [3.8, 4) is 0 Å². The fraction of sp³-hybridized carbons (Fsp3) is 0.346. The van der Waals surface area contributed by atoms with Crippen molar-refractivity contribution < 1.29 is 14.2 Å². The van der Waals surface area contributed by atoms with Crippen LogP contribution in [-0.4, -0.2) is 50.7 Å². The highest BCUT2D eigenvalue weighted by atomic mass is 28.3. The van der Waals surface area contributed by atoms with Crippen LogP contribution in [0.3, 0.4) is 0 Å². The number of hydrogen-bond acceptors (Lipinski definition) is 6. The van der Waals surface area contributed by atoms with Crippen molar-refractivity contribution in [2.24, 2.45) is 0 Å². The first-order valence-electron chi connectivity index (χ1n) is 11.8. The zero-order chi connectivity index (χ0) is 24.8. The van der Waals surface area contributed by atoms with Crippen molar-refractivity contribution >= 4 is 35.4 Å². The number of ether oxygens (including phenoxy) is 1. The predicted molar refractivity (Wildman–Crippen MR) is 137 cm³/mol. The number of benzene rings is 2. The topological polar surface area (TPSA) is 99.1 Å². The molecule has 0 bridgehead atoms. The molecule has 35 heavy (non-hydrogen) atoms. The van der Waals surface area contributed by atoms with Crippen LogP contribution >= 0.6 is 0 Å². The number of fused-ring (bicyclic) bond motifs is 1. The SMILES string of the molecule is CC(C)(C)[Si](c1ccccc1)(c1ccccc1)C(O)[C@@H]1C[C@@H](F)[C@H](n2cnc3c(N)ncnc32)O1. The first-order chi connectivity index (χ1) is 16.7. The molecule has 2 aromatic carbocycles. The van der Waals surface area contributed by atoms with E-state index in [0.717, 1.165) is 10.4 Å². The van der Waals surface area contributed by atoms with Gasteiger partial charge in [0.05, 0.1) is 18.2 Å². The number of nitrogens with zero attached hydrogens (tertiary/aromatic N) is 4. The maximum atomic E-state index is 15.5. The normalized spacial score (nSPS) is 21.9. The van der Waals surface area contributed by atoms with Gasteiger partial charge >= 0.3 is 0 Å². The summed E-state index contributed by atoms with van der Waals surface area (Å²) in [6.45, 7) is 6.47. The Kier molecular flexibility index (Phi) is 5.94. The van der Waals surface area contributed by atoms with Gasteiger partial charge in [0.2, 0.25) is 0 Å². The second-order valence-corrected chi connectivity index (χ2v) is 15.0. The zero-order valence-corrected chi connectivity index (χ0v) is 21.0. The molecule has 4 aromatic rings. The van der Waals surface area contributed by atoms with Crippen molar-refractivity contribution in [2.45, 2.75) is 56.5 Å². The van der Waals surface area contributed by atoms with Crippen LogP contribution in [0.4, 0.5) is 10.2 Å². The molecule has 2 aromatic heterocycles. The number of aliphatic hydroxyl groups is 1. The lowest BCUT2D eigenvalue weighted by atomic mass is 10.2. The molecule has 1 fully saturated rings. The van der Waals surface area contributed by atoms with Gasteiger partial charge in [0.1, 0.15) is 18.0 Å². The number of imidazole rings is 1. The van der Waals surface area contributed by atoms with Gasteiger partial charge in [0.15, 0.2) is 25.8 Å². The van der Waals surface area contributed by atoms with Crippen LogP contribution in [0.2, 0.25) is 5.04 Å². The Morgan fingerprint density at radius 1 is 1.03 bits per heavy atom. The number of aliphatic hydroxyl groups excluding tert-OH is 1. The van der Waals surface area contributed by atoms with Crippen molar-refractivity contribution in [1.29, 1.82) is 0 Å². The number of rotatable bonds is 5. The lowest BCUT2D eigenvalue weighted by molar-refractivity contribution is -0.0480. The number of nitrogens with two attached hydrogens (primary N) is 1. The summed E-state index contributed by atoms with van der Waals surface area (Å²) in [5, 5.41) is 14.1. The van der Waals surface area contributed by atoms with E-state index in [4.69, 9.17) is 10.5 Å². The molecule has 1 saturated heterocycles. The second kappa shape index (κ2) is 8.82. The number of anilines is 1. The number of hydrogen-bond donors (Lipinski definition) is 2. The maximum absolute atomic E-state index is 15.5. The lowest BCUT2D eigenvalue weighted by Gasteiger charge is -2.48. The molecular weight excluding hydrogens is 461 g/mol. The Hall–Kier alpha value is -3.14. The third-order valence-electron chi connectivity index (χ3n) is 7.18. The van der Waals surface area contributed by atoms with Gasteiger partial charge in [-0.1, -0.05) is 91.8 Å². The van der Waals surface area contributed by atoms with E-state index in [1.165, 1.54) is 12.7 Å². The molecule has 182 valence electrons. The summed E-state index contributed by atoms with van der Waals surface area (Å²) in [7, 11) is -2.93. The number of alkyl halides is 1. The maximum Gasteiger partial charge on any atom is 0.168 e. The fourth-order valence-electron chi connectivity index (χ4n) is 5.66. The minimum Gasteiger partial charge on any atom is -0.393 e. The largest absolute Gasteiger partial charge is 0.393 e. The van der Waals surface area contributed by atoms with E-state index in [-0.39, 0.29) is 17.3 Å². The Morgan fingerprint density at radius 3 is 2.20 bits per heavy atom. The standard InChI is InChI=1S/C26H30FN5O2Si/c1-26(2,3)35(17-10-6-4-7-11-17,18-12-8-5-9-13-18)25(33)20-14-19(27)24(34-20)32-16-31-21-22(28)29-15-30-23(21)32/h4-13,15-16,19-20,24-25,33H,14H2,1-3H3,(H2,28,29,30)/t19-,20+,24-,25?/m1/s1. The Bertz CT molecular complexity index is 1270. The van der Waals surface area contributed by atoms with Gasteiger partial charge in [-0.25, -0.2) is 19.3 Å². The monoisotopic (exact) mass is 491 g/mol. The Morgan fingerprint density at radius 2 is 1.63 bits per heavy atom. The first-order valence-corrected chi connectivity index (χ1v) is 13.8. The van der Waals surface area contributed by atoms with Crippen molar-refractivity contribution in [3.63, 3.8) is 0 Å². The molecule has 0 aliphatic carbocycles. The average molecular weight is 492 g/mol. The molecule has 1 aliphatic heterocycles. The molecule has 5 rings (SSSR count). The summed E-state index contributed by atoms with van der Waals surface area (Å²) in [5.74, 6) is 0.228. The van der Waals surface area contributed by atoms with Gasteiger partial charge < -0.3 is 15.6 Å². The highest BCUT2D eigenvalue weighted by Crippen LogP contribution is 2.43. The van der Waals surface area contributed by atoms with Gasteiger partial charge in [-0.05, 0) is 5.04 Å². The highest BCUT2D eigenvalue weighted by molar-refractivity contribution is 7.05. The molecule has 0 radical (unpaired) electrons. The zero-order valence-electron chi connectivity index (χ0n) is 20.0. The summed E-state index contributed by atoms with van der Waals surface area (Å²) >= 11 is 0. The molecule has 0 saturated carbocycles. The minimum absolute atomic E-state index is 0.0660. The van der Waals surface area contributed by atoms with E-state index in [2.05, 4.69) is 60.0 Å². The van der Waals surface area contributed by atoms with Crippen LogP contribution in [0, 0.1) is 0 Å². The predicted octanol–water partition coefficient (Wildman–Crippen LogP) is 3.00. The summed E-state index contributed by atoms with van der Waals surface area (Å²) in [6.07, 6.45) is -0.153. The van der Waals surface area contributed by atoms with Crippen LogP contribution in [0.15, 0.2) is 73.3 Å². The quantitative estimate of drug-likeness (QED) is 0.417. The van der Waals surface area contributed by atoms with Crippen molar-refractivity contribution in [2.75, 3.05) is 5.73 Å². The third kappa shape index (κ3) is 3.74. The minimum atomic E-state index is -2.93. The van der Waals surface area contributed by atoms with Crippen LogP contribution < -0.4 is 16.1 Å². The number of aromatic nitrogens is 4. The molecule has 3 N–H and O–H groups in total. The van der Waals surface area contributed by atoms with Gasteiger partial charge in [-0.15, -0.1) is 0 Å². The Labute approximate surface area is 204 Å². The van der Waals surface area contributed by atoms with Gasteiger partial charge in [0.25, 0.3) is 0 Å². The fourth-order valence-corrected chi connectivity index (χ4v) is 11.5. The van der Waals surface area contributed by atoms with Crippen LogP contribution in [0.1, 0.15) is 33.4 Å². The highest BCUT2D eigenvalue weighted by Gasteiger charge is 2.57. The summed E-state index contributed by atoms with van der Waals surface area (Å²) in [4.78, 5) is 12.5. The van der Waals surface area contributed by atoms with Gasteiger partial charge in [0, 0.05) is 6.42 Å². The molecule has 1 aliphatic rings. The van der Waals surface area contributed by atoms with E-state index in [1.807, 2.05) is 36.4 Å². The molecular formula is C26H30FN5O2Si. The molecule has 0 amide bonds. The molecule has 0 spiro atoms. The van der Waals surface area contributed by atoms with Crippen LogP contribution in [-0.2, 0) is 4.74 Å². The van der Waals surface area contributed by atoms with Crippen molar-refractivity contribution in [1.82, 2.24) is 19.5 Å². The molecule has 7 nitrogen and oxygen atoms in total. The van der Waals surface area contributed by atoms with Crippen LogP contribution in [0.25, 0.3) is 11.2 Å². The summed E-state index contributed by atoms with van der Waals surface area (Å²) in [5.41, 5.74) is 5.83. The first kappa shape index (κ1) is 23.6. The summed E-state index contributed by atoms with van der Waals surface area (Å²) < 4.78 is 23.4. The van der Waals surface area contributed by atoms with E-state index in [1.54, 1.807) is 4.57 Å². The second-order valence-electron chi connectivity index (χ2n) is 10.1. The van der Waals surface area contributed by atoms with Crippen molar-refractivity contribution in [3.05, 3.63) is 73.3 Å². The third-order valence-corrected chi connectivity index (χ3v) is 13.3. The molecule has 1 unspecified atom stereocenters. The van der Waals surface area contributed by atoms with Crippen LogP contribution in [0.5, 0.6) is 0 Å². The van der Waals surface area contributed by atoms with E-state index >= 15 is 4.39 Å². The summed E-state index contributed by atoms with van der Waals surface area (Å²) in [6, 6.07) is 20.2. The molecule has 9 heteroatoms. The van der Waals surface area contributed by atoms with E-state index < -0.39 is 32.3 Å². The Balaban J connectivity index is 1.59. The number of nitrogen functional groups attached to an aromatic ring is 1. The van der Waals surface area contributed by atoms with E-state index in [9.17, 15) is 5.11 Å². The smallest absolute Gasteiger partial charge is 0.168 e. The molecule has 3 heterocycles. The lowest BCUT2D eigenvalue weighted by Crippen LogP contribution is -2.74. The molecule has 4 atom stereocenters. The average Bonchev–Trinajstić information content (AvgIpc) is 3.44. The number of halogens is 1. The van der Waals surface area contributed by atoms with Gasteiger partial charge in [-0.3, -0.25) is 4.57 Å². The van der Waals surface area contributed by atoms with Gasteiger partial charge in [-0.2, -0.15) is 0 Å².